The van der Waals surface area contributed by atoms with E-state index in [1.165, 1.54) is 24.2 Å². The summed E-state index contributed by atoms with van der Waals surface area (Å²) in [6.45, 7) is 0. The van der Waals surface area contributed by atoms with Gasteiger partial charge in [-0.3, -0.25) is 0 Å². The molecule has 100 valence electrons. The third-order valence-electron chi connectivity index (χ3n) is 2.17. The van der Waals surface area contributed by atoms with Gasteiger partial charge in [-0.1, -0.05) is 0 Å². The number of anilines is 1. The Hall–Kier alpha value is -1.83. The highest BCUT2D eigenvalue weighted by Crippen LogP contribution is 2.31. The summed E-state index contributed by atoms with van der Waals surface area (Å²) < 4.78 is 37.1. The molecular weight excluding hydrogens is 277 g/mol. The minimum atomic E-state index is -4.37. The molecule has 2 aromatic heterocycles. The van der Waals surface area contributed by atoms with Gasteiger partial charge in [-0.15, -0.1) is 0 Å². The molecule has 4 nitrogen and oxygen atoms in total. The number of halogens is 3. The van der Waals surface area contributed by atoms with E-state index in [2.05, 4.69) is 20.3 Å². The zero-order valence-corrected chi connectivity index (χ0v) is 10.6. The van der Waals surface area contributed by atoms with E-state index in [1.54, 1.807) is 13.1 Å². The van der Waals surface area contributed by atoms with Crippen LogP contribution in [0.2, 0.25) is 0 Å². The fourth-order valence-corrected chi connectivity index (χ4v) is 1.97. The molecule has 0 fully saturated rings. The Kier molecular flexibility index (Phi) is 3.89. The molecule has 0 atom stereocenters. The van der Waals surface area contributed by atoms with Gasteiger partial charge in [0.15, 0.2) is 0 Å². The van der Waals surface area contributed by atoms with E-state index < -0.39 is 11.7 Å². The van der Waals surface area contributed by atoms with E-state index in [9.17, 15) is 13.2 Å². The Labute approximate surface area is 111 Å². The highest BCUT2D eigenvalue weighted by molar-refractivity contribution is 7.99. The Morgan fingerprint density at radius 1 is 1.11 bits per heavy atom. The maximum atomic E-state index is 12.4. The zero-order chi connectivity index (χ0) is 13.9. The highest BCUT2D eigenvalue weighted by Gasteiger charge is 2.30. The molecule has 1 N–H and O–H groups in total. The van der Waals surface area contributed by atoms with Gasteiger partial charge in [0, 0.05) is 19.3 Å². The van der Waals surface area contributed by atoms with Crippen molar-refractivity contribution in [2.45, 2.75) is 16.2 Å². The van der Waals surface area contributed by atoms with Crippen molar-refractivity contribution >= 4 is 17.6 Å². The Morgan fingerprint density at radius 2 is 1.89 bits per heavy atom. The third kappa shape index (κ3) is 3.57. The topological polar surface area (TPSA) is 50.7 Å². The van der Waals surface area contributed by atoms with Crippen molar-refractivity contribution in [2.24, 2.45) is 0 Å². The predicted octanol–water partition coefficient (Wildman–Crippen LogP) is 3.08. The largest absolute Gasteiger partial charge is 0.417 e. The van der Waals surface area contributed by atoms with Gasteiger partial charge in [0.2, 0.25) is 0 Å². The zero-order valence-electron chi connectivity index (χ0n) is 9.77. The maximum absolute atomic E-state index is 12.4. The number of hydrogen-bond donors (Lipinski definition) is 1. The minimum Gasteiger partial charge on any atom is -0.373 e. The Bertz CT molecular complexity index is 557. The SMILES string of the molecule is CNc1cc(Sc2ccc(C(F)(F)F)cn2)ncn1. The third-order valence-corrected chi connectivity index (χ3v) is 3.05. The van der Waals surface area contributed by atoms with Crippen molar-refractivity contribution in [2.75, 3.05) is 12.4 Å². The van der Waals surface area contributed by atoms with Crippen molar-refractivity contribution in [3.63, 3.8) is 0 Å². The van der Waals surface area contributed by atoms with E-state index in [0.717, 1.165) is 12.3 Å². The van der Waals surface area contributed by atoms with E-state index in [0.29, 0.717) is 15.9 Å². The summed E-state index contributed by atoms with van der Waals surface area (Å²) in [6, 6.07) is 3.99. The second-order valence-electron chi connectivity index (χ2n) is 3.48. The van der Waals surface area contributed by atoms with Crippen molar-refractivity contribution in [3.05, 3.63) is 36.3 Å². The molecular formula is C11H9F3N4S. The van der Waals surface area contributed by atoms with Crippen LogP contribution in [0.4, 0.5) is 19.0 Å². The molecule has 0 saturated carbocycles. The molecule has 2 aromatic rings. The number of alkyl halides is 3. The van der Waals surface area contributed by atoms with Gasteiger partial charge in [-0.2, -0.15) is 13.2 Å². The van der Waals surface area contributed by atoms with Crippen molar-refractivity contribution < 1.29 is 13.2 Å². The predicted molar refractivity (Wildman–Crippen MR) is 64.9 cm³/mol. The smallest absolute Gasteiger partial charge is 0.373 e. The van der Waals surface area contributed by atoms with Crippen molar-refractivity contribution in [3.8, 4) is 0 Å². The molecule has 19 heavy (non-hydrogen) atoms. The summed E-state index contributed by atoms with van der Waals surface area (Å²) >= 11 is 1.17. The average molecular weight is 286 g/mol. The fraction of sp³-hybridized carbons (Fsp3) is 0.182. The molecule has 8 heteroatoms. The summed E-state index contributed by atoms with van der Waals surface area (Å²) in [5.74, 6) is 0.629. The highest BCUT2D eigenvalue weighted by atomic mass is 32.2. The molecule has 0 unspecified atom stereocenters. The molecule has 0 amide bonds. The fourth-order valence-electron chi connectivity index (χ4n) is 1.25. The Morgan fingerprint density at radius 3 is 2.47 bits per heavy atom. The van der Waals surface area contributed by atoms with Gasteiger partial charge >= 0.3 is 6.18 Å². The number of rotatable bonds is 3. The number of nitrogens with zero attached hydrogens (tertiary/aromatic N) is 3. The van der Waals surface area contributed by atoms with Crippen LogP contribution in [0.15, 0.2) is 40.8 Å². The first-order chi connectivity index (χ1) is 8.99. The molecule has 0 aromatic carbocycles. The number of aromatic nitrogens is 3. The summed E-state index contributed by atoms with van der Waals surface area (Å²) in [6.07, 6.45) is -2.19. The van der Waals surface area contributed by atoms with Crippen LogP contribution in [0.1, 0.15) is 5.56 Å². The first-order valence-electron chi connectivity index (χ1n) is 5.20. The molecule has 0 spiro atoms. The van der Waals surface area contributed by atoms with Gasteiger partial charge in [-0.05, 0) is 23.9 Å². The Balaban J connectivity index is 2.15. The van der Waals surface area contributed by atoms with Crippen LogP contribution < -0.4 is 5.32 Å². The van der Waals surface area contributed by atoms with Crippen LogP contribution in [-0.2, 0) is 6.18 Å². The normalized spacial score (nSPS) is 11.4. The lowest BCUT2D eigenvalue weighted by atomic mass is 10.3. The van der Waals surface area contributed by atoms with Crippen molar-refractivity contribution in [1.29, 1.82) is 0 Å². The van der Waals surface area contributed by atoms with Gasteiger partial charge in [-0.25, -0.2) is 15.0 Å². The quantitative estimate of drug-likeness (QED) is 0.879. The number of nitrogens with one attached hydrogen (secondary N) is 1. The van der Waals surface area contributed by atoms with Gasteiger partial charge in [0.1, 0.15) is 22.2 Å². The average Bonchev–Trinajstić information content (AvgIpc) is 2.38. The first-order valence-corrected chi connectivity index (χ1v) is 6.01. The van der Waals surface area contributed by atoms with E-state index >= 15 is 0 Å². The molecule has 0 saturated heterocycles. The molecule has 2 rings (SSSR count). The maximum Gasteiger partial charge on any atom is 0.417 e. The second-order valence-corrected chi connectivity index (χ2v) is 4.52. The first kappa shape index (κ1) is 13.6. The molecule has 2 heterocycles. The molecule has 0 aliphatic carbocycles. The molecule has 0 radical (unpaired) electrons. The van der Waals surface area contributed by atoms with E-state index in [4.69, 9.17) is 0 Å². The summed E-state index contributed by atoms with van der Waals surface area (Å²) in [4.78, 5) is 11.7. The van der Waals surface area contributed by atoms with Crippen LogP contribution in [-0.4, -0.2) is 22.0 Å². The van der Waals surface area contributed by atoms with Crippen molar-refractivity contribution in [1.82, 2.24) is 15.0 Å². The van der Waals surface area contributed by atoms with E-state index in [1.807, 2.05) is 0 Å². The van der Waals surface area contributed by atoms with Crippen LogP contribution in [0.3, 0.4) is 0 Å². The molecule has 0 bridgehead atoms. The standard InChI is InChI=1S/C11H9F3N4S/c1-15-8-4-10(18-6-17-8)19-9-3-2-7(5-16-9)11(12,13)14/h2-6H,1H3,(H,15,17,18). The van der Waals surface area contributed by atoms with E-state index in [-0.39, 0.29) is 0 Å². The lowest BCUT2D eigenvalue weighted by Crippen LogP contribution is -2.05. The van der Waals surface area contributed by atoms with Crippen LogP contribution in [0.5, 0.6) is 0 Å². The lowest BCUT2D eigenvalue weighted by molar-refractivity contribution is -0.137. The van der Waals surface area contributed by atoms with Gasteiger partial charge < -0.3 is 5.32 Å². The van der Waals surface area contributed by atoms with Crippen LogP contribution >= 0.6 is 11.8 Å². The lowest BCUT2D eigenvalue weighted by Gasteiger charge is -2.06. The van der Waals surface area contributed by atoms with Crippen LogP contribution in [0, 0.1) is 0 Å². The summed E-state index contributed by atoms with van der Waals surface area (Å²) in [5, 5.41) is 3.89. The van der Waals surface area contributed by atoms with Gasteiger partial charge in [0.25, 0.3) is 0 Å². The number of pyridine rings is 1. The summed E-state index contributed by atoms with van der Waals surface area (Å²) in [7, 11) is 1.72. The summed E-state index contributed by atoms with van der Waals surface area (Å²) in [5.41, 5.74) is -0.768. The monoisotopic (exact) mass is 286 g/mol. The number of hydrogen-bond acceptors (Lipinski definition) is 5. The second kappa shape index (κ2) is 5.43. The van der Waals surface area contributed by atoms with Gasteiger partial charge in [0.05, 0.1) is 5.56 Å². The molecule has 0 aliphatic rings. The van der Waals surface area contributed by atoms with Crippen LogP contribution in [0.25, 0.3) is 0 Å². The molecule has 0 aliphatic heterocycles. The minimum absolute atomic E-state index is 0.439.